The molecule has 1 heterocycles. The van der Waals surface area contributed by atoms with Crippen molar-refractivity contribution >= 4 is 17.6 Å². The fourth-order valence-electron chi connectivity index (χ4n) is 3.28. The van der Waals surface area contributed by atoms with Crippen molar-refractivity contribution in [3.8, 4) is 28.0 Å². The zero-order valence-corrected chi connectivity index (χ0v) is 19.3. The van der Waals surface area contributed by atoms with Crippen LogP contribution < -0.4 is 34.9 Å². The number of aromatic hydroxyl groups is 1. The molecule has 0 unspecified atom stereocenters. The molecule has 0 aliphatic heterocycles. The van der Waals surface area contributed by atoms with Crippen molar-refractivity contribution in [1.82, 2.24) is 4.98 Å². The van der Waals surface area contributed by atoms with Crippen LogP contribution in [0.3, 0.4) is 0 Å². The largest absolute Gasteiger partial charge is 1.00 e. The SMILES string of the molecule is O=C(Nc1cc(-c2ccccc2)ccc1C(=O)O)c1cc(-c2ccncc2)ccc1O.[H-].[Na+]. The van der Waals surface area contributed by atoms with Crippen LogP contribution in [0.5, 0.6) is 5.75 Å². The quantitative estimate of drug-likeness (QED) is 0.418. The van der Waals surface area contributed by atoms with Crippen molar-refractivity contribution in [2.24, 2.45) is 0 Å². The maximum absolute atomic E-state index is 13.0. The van der Waals surface area contributed by atoms with Crippen LogP contribution in [0.1, 0.15) is 22.1 Å². The van der Waals surface area contributed by atoms with E-state index in [1.54, 1.807) is 48.8 Å². The van der Waals surface area contributed by atoms with Crippen molar-refractivity contribution in [3.63, 3.8) is 0 Å². The number of hydrogen-bond donors (Lipinski definition) is 3. The van der Waals surface area contributed by atoms with E-state index in [0.717, 1.165) is 22.3 Å². The number of hydrogen-bond acceptors (Lipinski definition) is 4. The molecule has 0 radical (unpaired) electrons. The molecular formula is C25H19N2NaO4. The van der Waals surface area contributed by atoms with Gasteiger partial charge in [-0.05, 0) is 58.7 Å². The van der Waals surface area contributed by atoms with Gasteiger partial charge in [0, 0.05) is 12.4 Å². The summed E-state index contributed by atoms with van der Waals surface area (Å²) in [5.74, 6) is -1.97. The summed E-state index contributed by atoms with van der Waals surface area (Å²) in [7, 11) is 0. The van der Waals surface area contributed by atoms with E-state index in [4.69, 9.17) is 0 Å². The Balaban J connectivity index is 0.00000193. The molecule has 0 atom stereocenters. The summed E-state index contributed by atoms with van der Waals surface area (Å²) in [6.07, 6.45) is 3.27. The fourth-order valence-corrected chi connectivity index (χ4v) is 3.28. The number of aromatic carboxylic acids is 1. The summed E-state index contributed by atoms with van der Waals surface area (Å²) in [5, 5.41) is 22.4. The number of carbonyl (C=O) groups excluding carboxylic acids is 1. The van der Waals surface area contributed by atoms with Gasteiger partial charge in [0.25, 0.3) is 5.91 Å². The Kier molecular flexibility index (Phi) is 7.43. The second kappa shape index (κ2) is 10.2. The number of rotatable bonds is 5. The molecule has 0 aliphatic carbocycles. The molecule has 1 aromatic heterocycles. The van der Waals surface area contributed by atoms with Gasteiger partial charge in [0.1, 0.15) is 5.75 Å². The first-order valence-electron chi connectivity index (χ1n) is 9.50. The van der Waals surface area contributed by atoms with Crippen molar-refractivity contribution in [2.45, 2.75) is 0 Å². The third-order valence-electron chi connectivity index (χ3n) is 4.86. The van der Waals surface area contributed by atoms with E-state index in [1.165, 1.54) is 12.1 Å². The molecule has 7 heteroatoms. The summed E-state index contributed by atoms with van der Waals surface area (Å²) in [6, 6.07) is 22.4. The summed E-state index contributed by atoms with van der Waals surface area (Å²) >= 11 is 0. The molecule has 4 aromatic rings. The number of anilines is 1. The molecule has 0 spiro atoms. The van der Waals surface area contributed by atoms with Crippen LogP contribution in [-0.4, -0.2) is 27.1 Å². The minimum atomic E-state index is -1.16. The van der Waals surface area contributed by atoms with E-state index >= 15 is 0 Å². The number of nitrogens with zero attached hydrogens (tertiary/aromatic N) is 1. The van der Waals surface area contributed by atoms with E-state index < -0.39 is 11.9 Å². The minimum Gasteiger partial charge on any atom is -1.00 e. The molecule has 0 bridgehead atoms. The topological polar surface area (TPSA) is 99.5 Å². The zero-order valence-electron chi connectivity index (χ0n) is 18.3. The Morgan fingerprint density at radius 2 is 1.38 bits per heavy atom. The average Bonchev–Trinajstić information content (AvgIpc) is 2.80. The summed E-state index contributed by atoms with van der Waals surface area (Å²) < 4.78 is 0. The van der Waals surface area contributed by atoms with Crippen LogP contribution in [-0.2, 0) is 0 Å². The van der Waals surface area contributed by atoms with E-state index in [9.17, 15) is 19.8 Å². The van der Waals surface area contributed by atoms with Crippen LogP contribution in [0.25, 0.3) is 22.3 Å². The van der Waals surface area contributed by atoms with Gasteiger partial charge in [0.2, 0.25) is 0 Å². The number of phenolic OH excluding ortho intramolecular Hbond substituents is 1. The number of amides is 1. The molecular weight excluding hydrogens is 415 g/mol. The van der Waals surface area contributed by atoms with Crippen molar-refractivity contribution in [1.29, 1.82) is 0 Å². The average molecular weight is 434 g/mol. The normalized spacial score (nSPS) is 10.1. The Morgan fingerprint density at radius 3 is 2.06 bits per heavy atom. The summed E-state index contributed by atoms with van der Waals surface area (Å²) in [4.78, 5) is 28.6. The second-order valence-electron chi connectivity index (χ2n) is 6.85. The van der Waals surface area contributed by atoms with Gasteiger partial charge in [0.15, 0.2) is 0 Å². The molecule has 0 saturated carbocycles. The third-order valence-corrected chi connectivity index (χ3v) is 4.86. The van der Waals surface area contributed by atoms with E-state index in [-0.39, 0.29) is 53.5 Å². The van der Waals surface area contributed by atoms with Gasteiger partial charge in [-0.3, -0.25) is 9.78 Å². The maximum atomic E-state index is 13.0. The Morgan fingerprint density at radius 1 is 0.750 bits per heavy atom. The molecule has 3 aromatic carbocycles. The number of benzene rings is 3. The predicted octanol–water partition coefficient (Wildman–Crippen LogP) is 2.19. The minimum absolute atomic E-state index is 0. The molecule has 154 valence electrons. The first kappa shape index (κ1) is 23.2. The molecule has 4 rings (SSSR count). The van der Waals surface area contributed by atoms with Crippen LogP contribution in [0.2, 0.25) is 0 Å². The maximum Gasteiger partial charge on any atom is 1.00 e. The zero-order chi connectivity index (χ0) is 21.8. The van der Waals surface area contributed by atoms with Gasteiger partial charge in [-0.1, -0.05) is 42.5 Å². The molecule has 6 nitrogen and oxygen atoms in total. The molecule has 0 fully saturated rings. The molecule has 0 aliphatic rings. The van der Waals surface area contributed by atoms with Gasteiger partial charge in [-0.2, -0.15) is 0 Å². The number of carbonyl (C=O) groups is 2. The van der Waals surface area contributed by atoms with Gasteiger partial charge in [-0.25, -0.2) is 4.79 Å². The van der Waals surface area contributed by atoms with Gasteiger partial charge in [-0.15, -0.1) is 0 Å². The van der Waals surface area contributed by atoms with Crippen LogP contribution in [0, 0.1) is 0 Å². The number of pyridine rings is 1. The number of phenols is 1. The summed E-state index contributed by atoms with van der Waals surface area (Å²) in [6.45, 7) is 0. The fraction of sp³-hybridized carbons (Fsp3) is 0. The Bertz CT molecular complexity index is 1270. The van der Waals surface area contributed by atoms with Gasteiger partial charge in [0.05, 0.1) is 16.8 Å². The van der Waals surface area contributed by atoms with Crippen molar-refractivity contribution < 1.29 is 50.8 Å². The second-order valence-corrected chi connectivity index (χ2v) is 6.85. The van der Waals surface area contributed by atoms with Gasteiger partial charge < -0.3 is 17.0 Å². The third kappa shape index (κ3) is 5.06. The van der Waals surface area contributed by atoms with Crippen LogP contribution in [0.4, 0.5) is 5.69 Å². The monoisotopic (exact) mass is 434 g/mol. The molecule has 3 N–H and O–H groups in total. The first-order chi connectivity index (χ1) is 15.0. The summed E-state index contributed by atoms with van der Waals surface area (Å²) in [5.41, 5.74) is 3.34. The smallest absolute Gasteiger partial charge is 1.00 e. The van der Waals surface area contributed by atoms with Crippen molar-refractivity contribution in [2.75, 3.05) is 5.32 Å². The van der Waals surface area contributed by atoms with Crippen LogP contribution in [0.15, 0.2) is 91.3 Å². The van der Waals surface area contributed by atoms with E-state index in [0.29, 0.717) is 0 Å². The standard InChI is InChI=1S/C25H18N2O4.Na.H/c28-23-9-7-18(17-10-12-26-13-11-17)14-21(23)24(29)27-22-15-19(6-8-20(22)25(30)31)16-4-2-1-3-5-16;;/h1-15,28H,(H,27,29)(H,30,31);;/q;+1;-1. The van der Waals surface area contributed by atoms with Crippen molar-refractivity contribution in [3.05, 3.63) is 102 Å². The molecule has 1 amide bonds. The van der Waals surface area contributed by atoms with Gasteiger partial charge >= 0.3 is 35.5 Å². The number of aromatic nitrogens is 1. The molecule has 0 saturated heterocycles. The molecule has 32 heavy (non-hydrogen) atoms. The number of nitrogens with one attached hydrogen (secondary N) is 1. The Hall–Kier alpha value is -3.45. The number of carboxylic acids is 1. The predicted molar refractivity (Wildman–Crippen MR) is 119 cm³/mol. The van der Waals surface area contributed by atoms with Crippen LogP contribution >= 0.6 is 0 Å². The number of carboxylic acid groups (broad SMARTS) is 1. The van der Waals surface area contributed by atoms with E-state index in [1.807, 2.05) is 30.3 Å². The first-order valence-corrected chi connectivity index (χ1v) is 9.50. The Labute approximate surface area is 208 Å². The van der Waals surface area contributed by atoms with E-state index in [2.05, 4.69) is 10.3 Å².